The molecule has 0 radical (unpaired) electrons. The number of methoxy groups -OCH3 is 1. The van der Waals surface area contributed by atoms with Crippen LogP contribution >= 0.6 is 0 Å². The van der Waals surface area contributed by atoms with Crippen LogP contribution < -0.4 is 16.0 Å². The lowest BCUT2D eigenvalue weighted by atomic mass is 10.3. The zero-order valence-electron chi connectivity index (χ0n) is 15.3. The highest BCUT2D eigenvalue weighted by molar-refractivity contribution is 5.51. The van der Waals surface area contributed by atoms with Crippen molar-refractivity contribution in [3.05, 3.63) is 24.2 Å². The lowest BCUT2D eigenvalue weighted by molar-refractivity contribution is 0.364. The smallest absolute Gasteiger partial charge is 0.218 e. The van der Waals surface area contributed by atoms with E-state index >= 15 is 0 Å². The van der Waals surface area contributed by atoms with E-state index in [2.05, 4.69) is 25.3 Å². The van der Waals surface area contributed by atoms with Gasteiger partial charge >= 0.3 is 0 Å². The molecule has 2 rings (SSSR count). The Balaban J connectivity index is 0.00000139. The molecule has 1 saturated heterocycles. The molecular weight excluding hydrogens is 306 g/mol. The van der Waals surface area contributed by atoms with E-state index in [-0.39, 0.29) is 0 Å². The molecule has 24 heavy (non-hydrogen) atoms. The normalized spacial score (nSPS) is 14.4. The summed E-state index contributed by atoms with van der Waals surface area (Å²) in [4.78, 5) is 11.0. The first-order chi connectivity index (χ1) is 11.7. The Morgan fingerprint density at radius 3 is 2.58 bits per heavy atom. The maximum Gasteiger partial charge on any atom is 0.218 e. The second-order valence-electron chi connectivity index (χ2n) is 4.81. The van der Waals surface area contributed by atoms with E-state index in [9.17, 15) is 0 Å². The van der Waals surface area contributed by atoms with Gasteiger partial charge in [-0.25, -0.2) is 9.67 Å². The number of nitrogens with two attached hydrogens (primary N) is 1. The summed E-state index contributed by atoms with van der Waals surface area (Å²) in [6.45, 7) is 9.48. The molecule has 1 fully saturated rings. The van der Waals surface area contributed by atoms with Crippen LogP contribution in [0.25, 0.3) is 5.76 Å². The summed E-state index contributed by atoms with van der Waals surface area (Å²) in [5.74, 6) is 2.11. The fourth-order valence-corrected chi connectivity index (χ4v) is 2.14. The second kappa shape index (κ2) is 10.4. The van der Waals surface area contributed by atoms with Gasteiger partial charge in [-0.1, -0.05) is 13.8 Å². The minimum atomic E-state index is 0.305. The second-order valence-corrected chi connectivity index (χ2v) is 4.81. The highest BCUT2D eigenvalue weighted by Gasteiger charge is 2.11. The molecule has 1 aliphatic heterocycles. The van der Waals surface area contributed by atoms with Crippen molar-refractivity contribution < 1.29 is 4.74 Å². The monoisotopic (exact) mass is 335 g/mol. The van der Waals surface area contributed by atoms with Crippen LogP contribution in [0.5, 0.6) is 0 Å². The fraction of sp³-hybridized carbons (Fsp3) is 0.562. The van der Waals surface area contributed by atoms with E-state index in [1.165, 1.54) is 4.68 Å². The Kier molecular flexibility index (Phi) is 8.56. The summed E-state index contributed by atoms with van der Waals surface area (Å²) in [5.41, 5.74) is 6.03. The fourth-order valence-electron chi connectivity index (χ4n) is 2.14. The molecule has 0 aromatic carbocycles. The van der Waals surface area contributed by atoms with Crippen molar-refractivity contribution in [3.63, 3.8) is 0 Å². The van der Waals surface area contributed by atoms with Crippen LogP contribution in [-0.4, -0.2) is 53.0 Å². The summed E-state index contributed by atoms with van der Waals surface area (Å²) in [6, 6.07) is 1.84. The lowest BCUT2D eigenvalue weighted by Crippen LogP contribution is -2.43. The average Bonchev–Trinajstić information content (AvgIpc) is 2.69. The number of rotatable bonds is 3. The molecule has 134 valence electrons. The van der Waals surface area contributed by atoms with Gasteiger partial charge in [-0.05, 0) is 19.1 Å². The molecular formula is C16H29N7O. The van der Waals surface area contributed by atoms with Gasteiger partial charge in [-0.15, -0.1) is 5.10 Å². The number of hydrogen-bond acceptors (Lipinski definition) is 7. The molecule has 8 heteroatoms. The Morgan fingerprint density at radius 2 is 2.00 bits per heavy atom. The number of aromatic nitrogens is 4. The molecule has 0 saturated carbocycles. The van der Waals surface area contributed by atoms with E-state index < -0.39 is 0 Å². The SMILES string of the molecule is C/C=C(\OC)c1nccc(N2CCNCC2)nc(N)n(C)n1.CC. The first kappa shape index (κ1) is 19.7. The highest BCUT2D eigenvalue weighted by Crippen LogP contribution is 2.12. The molecule has 0 amide bonds. The Labute approximate surface area is 144 Å². The van der Waals surface area contributed by atoms with Crippen molar-refractivity contribution in [2.75, 3.05) is 43.9 Å². The number of anilines is 2. The quantitative estimate of drug-likeness (QED) is 0.805. The molecule has 0 atom stereocenters. The van der Waals surface area contributed by atoms with E-state index in [0.717, 1.165) is 32.0 Å². The summed E-state index contributed by atoms with van der Waals surface area (Å²) in [5, 5.41) is 7.65. The predicted octanol–water partition coefficient (Wildman–Crippen LogP) is 1.36. The van der Waals surface area contributed by atoms with Crippen LogP contribution in [0.1, 0.15) is 26.6 Å². The summed E-state index contributed by atoms with van der Waals surface area (Å²) < 4.78 is 6.77. The van der Waals surface area contributed by atoms with E-state index in [4.69, 9.17) is 10.5 Å². The summed E-state index contributed by atoms with van der Waals surface area (Å²) >= 11 is 0. The van der Waals surface area contributed by atoms with Crippen molar-refractivity contribution >= 4 is 17.5 Å². The van der Waals surface area contributed by atoms with Crippen molar-refractivity contribution in [2.45, 2.75) is 20.8 Å². The zero-order chi connectivity index (χ0) is 17.9. The highest BCUT2D eigenvalue weighted by atomic mass is 16.5. The van der Waals surface area contributed by atoms with Gasteiger partial charge in [-0.2, -0.15) is 4.98 Å². The zero-order valence-corrected chi connectivity index (χ0v) is 15.3. The van der Waals surface area contributed by atoms with Gasteiger partial charge in [0.25, 0.3) is 0 Å². The molecule has 0 aliphatic carbocycles. The number of aryl methyl sites for hydroxylation is 1. The van der Waals surface area contributed by atoms with Gasteiger partial charge < -0.3 is 20.7 Å². The predicted molar refractivity (Wildman–Crippen MR) is 97.9 cm³/mol. The Bertz CT molecular complexity index is 590. The van der Waals surface area contributed by atoms with Crippen molar-refractivity contribution in [3.8, 4) is 0 Å². The maximum atomic E-state index is 6.03. The molecule has 1 aromatic rings. The number of hydrogen-bond donors (Lipinski definition) is 2. The lowest BCUT2D eigenvalue weighted by Gasteiger charge is -2.27. The minimum absolute atomic E-state index is 0.305. The third-order valence-electron chi connectivity index (χ3n) is 3.37. The topological polar surface area (TPSA) is 94.1 Å². The van der Waals surface area contributed by atoms with Gasteiger partial charge in [0.1, 0.15) is 5.82 Å². The van der Waals surface area contributed by atoms with E-state index in [1.54, 1.807) is 26.4 Å². The van der Waals surface area contributed by atoms with Crippen LogP contribution in [0.4, 0.5) is 11.8 Å². The van der Waals surface area contributed by atoms with Crippen LogP contribution in [0.3, 0.4) is 0 Å². The largest absolute Gasteiger partial charge is 0.493 e. The van der Waals surface area contributed by atoms with Crippen LogP contribution in [0.2, 0.25) is 0 Å². The van der Waals surface area contributed by atoms with Gasteiger partial charge in [0.2, 0.25) is 11.8 Å². The third kappa shape index (κ3) is 5.38. The number of nitrogens with zero attached hydrogens (tertiary/aromatic N) is 5. The maximum absolute atomic E-state index is 6.03. The van der Waals surface area contributed by atoms with E-state index in [1.807, 2.05) is 26.8 Å². The number of allylic oxidation sites excluding steroid dienone is 1. The standard InChI is InChI=1S/C14H23N7O.C2H6/c1-4-11(22-3)13-17-6-5-12(18-14(15)20(2)19-13)21-9-7-16-8-10-21;1-2/h4-6,16H,7-10H2,1-3H3,(H2,15,18);1-2H3/b11-4-,12-5?,17-6?,19-13?;. The molecule has 8 nitrogen and oxygen atoms in total. The van der Waals surface area contributed by atoms with Crippen LogP contribution in [-0.2, 0) is 11.8 Å². The van der Waals surface area contributed by atoms with Crippen molar-refractivity contribution in [1.29, 1.82) is 0 Å². The number of nitrogens with one attached hydrogen (secondary N) is 1. The van der Waals surface area contributed by atoms with Gasteiger partial charge in [-0.3, -0.25) is 0 Å². The van der Waals surface area contributed by atoms with Gasteiger partial charge in [0.15, 0.2) is 5.76 Å². The number of ether oxygens (including phenoxy) is 1. The molecule has 1 aromatic heterocycles. The van der Waals surface area contributed by atoms with Gasteiger partial charge in [0, 0.05) is 39.4 Å². The van der Waals surface area contributed by atoms with Crippen molar-refractivity contribution in [2.24, 2.45) is 7.05 Å². The van der Waals surface area contributed by atoms with Gasteiger partial charge in [0.05, 0.1) is 7.11 Å². The number of nitrogen functional groups attached to an aromatic ring is 1. The molecule has 0 unspecified atom stereocenters. The van der Waals surface area contributed by atoms with Crippen molar-refractivity contribution in [1.82, 2.24) is 25.1 Å². The number of piperazine rings is 1. The van der Waals surface area contributed by atoms with Crippen LogP contribution in [0, 0.1) is 0 Å². The molecule has 1 aliphatic rings. The van der Waals surface area contributed by atoms with E-state index in [0.29, 0.717) is 17.5 Å². The summed E-state index contributed by atoms with van der Waals surface area (Å²) in [6.07, 6.45) is 3.48. The first-order valence-corrected chi connectivity index (χ1v) is 8.23. The average molecular weight is 335 g/mol. The van der Waals surface area contributed by atoms with Crippen LogP contribution in [0.15, 0.2) is 18.3 Å². The Hall–Kier alpha value is -2.35. The molecule has 3 N–H and O–H groups in total. The molecule has 0 bridgehead atoms. The molecule has 2 heterocycles. The summed E-state index contributed by atoms with van der Waals surface area (Å²) in [7, 11) is 3.32. The third-order valence-corrected chi connectivity index (χ3v) is 3.37. The Morgan fingerprint density at radius 1 is 1.33 bits per heavy atom. The first-order valence-electron chi connectivity index (χ1n) is 8.23. The minimum Gasteiger partial charge on any atom is -0.493 e. The molecule has 0 spiro atoms.